The molecule has 1 heterocycles. The van der Waals surface area contributed by atoms with Gasteiger partial charge in [0.2, 0.25) is 0 Å². The molecule has 0 radical (unpaired) electrons. The van der Waals surface area contributed by atoms with E-state index in [0.717, 1.165) is 50.5 Å². The molecule has 0 atom stereocenters. The van der Waals surface area contributed by atoms with E-state index in [9.17, 15) is 4.79 Å². The van der Waals surface area contributed by atoms with E-state index in [4.69, 9.17) is 0 Å². The Morgan fingerprint density at radius 2 is 2.15 bits per heavy atom. The number of nitrogens with zero attached hydrogens (tertiary/aromatic N) is 3. The van der Waals surface area contributed by atoms with E-state index in [-0.39, 0.29) is 5.91 Å². The molecule has 140 valence electrons. The second kappa shape index (κ2) is 10.9. The standard InChI is InChI=1S/C19H28N6O/c1-3-21-19(22-10-5-13-25-14-6-11-24-25)23-12-9-16-7-4-8-17(15-16)18(26)20-2/h4,6-8,11,14-15H,3,5,9-10,12-13H2,1-2H3,(H,20,26)(H2,21,22,23). The summed E-state index contributed by atoms with van der Waals surface area (Å²) in [5.74, 6) is 0.752. The predicted octanol–water partition coefficient (Wildman–Crippen LogP) is 1.43. The van der Waals surface area contributed by atoms with Crippen LogP contribution in [0.4, 0.5) is 0 Å². The molecule has 2 aromatic rings. The van der Waals surface area contributed by atoms with Crippen LogP contribution in [0.15, 0.2) is 47.7 Å². The summed E-state index contributed by atoms with van der Waals surface area (Å²) in [6, 6.07) is 9.61. The number of benzene rings is 1. The summed E-state index contributed by atoms with van der Waals surface area (Å²) in [6.45, 7) is 5.22. The van der Waals surface area contributed by atoms with E-state index in [1.54, 1.807) is 13.2 Å². The Morgan fingerprint density at radius 3 is 2.88 bits per heavy atom. The van der Waals surface area contributed by atoms with E-state index in [0.29, 0.717) is 5.56 Å². The van der Waals surface area contributed by atoms with Crippen LogP contribution in [-0.2, 0) is 13.0 Å². The molecule has 7 heteroatoms. The maximum atomic E-state index is 11.7. The second-order valence-electron chi connectivity index (χ2n) is 5.84. The van der Waals surface area contributed by atoms with Crippen molar-refractivity contribution in [2.45, 2.75) is 26.3 Å². The highest BCUT2D eigenvalue weighted by Crippen LogP contribution is 2.05. The third-order valence-corrected chi connectivity index (χ3v) is 3.84. The van der Waals surface area contributed by atoms with Crippen molar-refractivity contribution in [2.24, 2.45) is 4.99 Å². The summed E-state index contributed by atoms with van der Waals surface area (Å²) in [5.41, 5.74) is 1.80. The quantitative estimate of drug-likeness (QED) is 0.361. The van der Waals surface area contributed by atoms with Crippen molar-refractivity contribution in [3.63, 3.8) is 0 Å². The van der Waals surface area contributed by atoms with Crippen LogP contribution in [0.25, 0.3) is 0 Å². The van der Waals surface area contributed by atoms with Gasteiger partial charge in [-0.2, -0.15) is 5.10 Å². The molecule has 1 amide bonds. The summed E-state index contributed by atoms with van der Waals surface area (Å²) in [5, 5.41) is 13.4. The number of aliphatic imine (C=N–C) groups is 1. The van der Waals surface area contributed by atoms with Crippen molar-refractivity contribution in [3.05, 3.63) is 53.9 Å². The Labute approximate surface area is 154 Å². The summed E-state index contributed by atoms with van der Waals surface area (Å²) in [4.78, 5) is 16.3. The van der Waals surface area contributed by atoms with Gasteiger partial charge in [0, 0.05) is 51.2 Å². The van der Waals surface area contributed by atoms with Crippen molar-refractivity contribution in [1.82, 2.24) is 25.7 Å². The first-order valence-electron chi connectivity index (χ1n) is 9.03. The average Bonchev–Trinajstić information content (AvgIpc) is 3.18. The molecule has 0 unspecified atom stereocenters. The molecule has 0 aliphatic heterocycles. The van der Waals surface area contributed by atoms with Crippen molar-refractivity contribution in [2.75, 3.05) is 26.7 Å². The molecule has 0 fully saturated rings. The first-order valence-corrected chi connectivity index (χ1v) is 9.03. The Morgan fingerprint density at radius 1 is 1.27 bits per heavy atom. The van der Waals surface area contributed by atoms with Gasteiger partial charge in [-0.1, -0.05) is 12.1 Å². The van der Waals surface area contributed by atoms with Crippen LogP contribution < -0.4 is 16.0 Å². The van der Waals surface area contributed by atoms with Gasteiger partial charge in [0.1, 0.15) is 0 Å². The number of amides is 1. The van der Waals surface area contributed by atoms with Gasteiger partial charge in [-0.05, 0) is 43.5 Å². The van der Waals surface area contributed by atoms with E-state index in [1.807, 2.05) is 48.1 Å². The highest BCUT2D eigenvalue weighted by atomic mass is 16.1. The zero-order valence-electron chi connectivity index (χ0n) is 15.5. The van der Waals surface area contributed by atoms with E-state index < -0.39 is 0 Å². The van der Waals surface area contributed by atoms with E-state index in [1.165, 1.54) is 0 Å². The number of aromatic nitrogens is 2. The molecule has 7 nitrogen and oxygen atoms in total. The van der Waals surface area contributed by atoms with Crippen LogP contribution in [0.2, 0.25) is 0 Å². The molecular formula is C19H28N6O. The number of nitrogens with one attached hydrogen (secondary N) is 3. The molecule has 0 saturated carbocycles. The van der Waals surface area contributed by atoms with Crippen LogP contribution in [0.5, 0.6) is 0 Å². The SMILES string of the molecule is CCNC(=NCCCn1cccn1)NCCc1cccc(C(=O)NC)c1. The number of aryl methyl sites for hydroxylation is 1. The van der Waals surface area contributed by atoms with Gasteiger partial charge >= 0.3 is 0 Å². The van der Waals surface area contributed by atoms with Crippen molar-refractivity contribution in [3.8, 4) is 0 Å². The lowest BCUT2D eigenvalue weighted by Crippen LogP contribution is -2.38. The van der Waals surface area contributed by atoms with Crippen LogP contribution in [0.3, 0.4) is 0 Å². The minimum Gasteiger partial charge on any atom is -0.357 e. The molecule has 0 aliphatic carbocycles. The van der Waals surface area contributed by atoms with Crippen molar-refractivity contribution >= 4 is 11.9 Å². The highest BCUT2D eigenvalue weighted by Gasteiger charge is 2.04. The monoisotopic (exact) mass is 356 g/mol. The zero-order chi connectivity index (χ0) is 18.6. The lowest BCUT2D eigenvalue weighted by atomic mass is 10.1. The first-order chi connectivity index (χ1) is 12.7. The van der Waals surface area contributed by atoms with Crippen molar-refractivity contribution < 1.29 is 4.79 Å². The fourth-order valence-corrected chi connectivity index (χ4v) is 2.54. The van der Waals surface area contributed by atoms with Crippen LogP contribution in [0, 0.1) is 0 Å². The molecule has 1 aromatic heterocycles. The lowest BCUT2D eigenvalue weighted by Gasteiger charge is -2.11. The van der Waals surface area contributed by atoms with E-state index in [2.05, 4.69) is 26.0 Å². The molecule has 0 saturated heterocycles. The molecule has 0 aliphatic rings. The molecule has 1 aromatic carbocycles. The number of hydrogen-bond donors (Lipinski definition) is 3. The first kappa shape index (κ1) is 19.5. The predicted molar refractivity (Wildman–Crippen MR) is 104 cm³/mol. The second-order valence-corrected chi connectivity index (χ2v) is 5.84. The van der Waals surface area contributed by atoms with Gasteiger partial charge in [-0.3, -0.25) is 14.5 Å². The Kier molecular flexibility index (Phi) is 8.18. The molecule has 0 bridgehead atoms. The molecule has 3 N–H and O–H groups in total. The van der Waals surface area contributed by atoms with Crippen LogP contribution in [0.1, 0.15) is 29.3 Å². The minimum absolute atomic E-state index is 0.0631. The summed E-state index contributed by atoms with van der Waals surface area (Å²) in [7, 11) is 1.64. The maximum Gasteiger partial charge on any atom is 0.251 e. The Hall–Kier alpha value is -2.83. The van der Waals surface area contributed by atoms with Gasteiger partial charge in [0.25, 0.3) is 5.91 Å². The van der Waals surface area contributed by atoms with Gasteiger partial charge in [0.05, 0.1) is 0 Å². The van der Waals surface area contributed by atoms with Gasteiger partial charge in [-0.15, -0.1) is 0 Å². The Balaban J connectivity index is 1.78. The highest BCUT2D eigenvalue weighted by molar-refractivity contribution is 5.94. The average molecular weight is 356 g/mol. The number of carbonyl (C=O) groups is 1. The minimum atomic E-state index is -0.0631. The van der Waals surface area contributed by atoms with E-state index >= 15 is 0 Å². The third-order valence-electron chi connectivity index (χ3n) is 3.84. The zero-order valence-corrected chi connectivity index (χ0v) is 15.5. The number of guanidine groups is 1. The van der Waals surface area contributed by atoms with Gasteiger partial charge in [0.15, 0.2) is 5.96 Å². The van der Waals surface area contributed by atoms with Gasteiger partial charge in [-0.25, -0.2) is 0 Å². The molecule has 26 heavy (non-hydrogen) atoms. The normalized spacial score (nSPS) is 11.2. The fraction of sp³-hybridized carbons (Fsp3) is 0.421. The number of hydrogen-bond acceptors (Lipinski definition) is 3. The molecular weight excluding hydrogens is 328 g/mol. The number of carbonyl (C=O) groups excluding carboxylic acids is 1. The van der Waals surface area contributed by atoms with Crippen LogP contribution >= 0.6 is 0 Å². The van der Waals surface area contributed by atoms with Crippen molar-refractivity contribution in [1.29, 1.82) is 0 Å². The van der Waals surface area contributed by atoms with Crippen LogP contribution in [-0.4, -0.2) is 48.3 Å². The maximum absolute atomic E-state index is 11.7. The van der Waals surface area contributed by atoms with Gasteiger partial charge < -0.3 is 16.0 Å². The number of rotatable bonds is 9. The smallest absolute Gasteiger partial charge is 0.251 e. The summed E-state index contributed by atoms with van der Waals surface area (Å²) in [6.07, 6.45) is 5.50. The summed E-state index contributed by atoms with van der Waals surface area (Å²) >= 11 is 0. The fourth-order valence-electron chi connectivity index (χ4n) is 2.54. The lowest BCUT2D eigenvalue weighted by molar-refractivity contribution is 0.0963. The largest absolute Gasteiger partial charge is 0.357 e. The topological polar surface area (TPSA) is 83.3 Å². The Bertz CT molecular complexity index is 696. The molecule has 0 spiro atoms. The molecule has 2 rings (SSSR count). The third kappa shape index (κ3) is 6.58. The summed E-state index contributed by atoms with van der Waals surface area (Å²) < 4.78 is 1.91.